The molecule has 0 saturated carbocycles. The molecule has 0 aromatic carbocycles. The average Bonchev–Trinajstić information content (AvgIpc) is 3.05. The van der Waals surface area contributed by atoms with Crippen molar-refractivity contribution < 1.29 is 9.21 Å². The van der Waals surface area contributed by atoms with E-state index in [4.69, 9.17) is 27.6 Å². The third kappa shape index (κ3) is 3.53. The highest BCUT2D eigenvalue weighted by atomic mass is 35.5. The number of alkyl halides is 1. The third-order valence-corrected chi connectivity index (χ3v) is 4.02. The van der Waals surface area contributed by atoms with Crippen molar-refractivity contribution >= 4 is 40.4 Å². The van der Waals surface area contributed by atoms with E-state index in [2.05, 4.69) is 0 Å². The Labute approximate surface area is 125 Å². The molecule has 0 spiro atoms. The number of amides is 1. The first-order valence-electron chi connectivity index (χ1n) is 5.73. The van der Waals surface area contributed by atoms with Gasteiger partial charge in [-0.2, -0.15) is 11.3 Å². The smallest absolute Gasteiger partial charge is 0.238 e. The third-order valence-electron chi connectivity index (χ3n) is 2.88. The molecule has 1 amide bonds. The van der Waals surface area contributed by atoms with Crippen molar-refractivity contribution in [2.75, 3.05) is 5.88 Å². The number of carbonyl (C=O) groups excluding carboxylic acids is 1. The van der Waals surface area contributed by atoms with Crippen molar-refractivity contribution in [3.63, 3.8) is 0 Å². The Hall–Kier alpha value is -0.970. The number of carbonyl (C=O) groups is 1. The molecule has 0 radical (unpaired) electrons. The van der Waals surface area contributed by atoms with Gasteiger partial charge >= 0.3 is 0 Å². The normalized spacial score (nSPS) is 12.4. The molecule has 2 aromatic rings. The van der Waals surface area contributed by atoms with Gasteiger partial charge in [0, 0.05) is 0 Å². The Balaban J connectivity index is 2.18. The maximum Gasteiger partial charge on any atom is 0.238 e. The number of nitrogens with zero attached hydrogens (tertiary/aromatic N) is 1. The summed E-state index contributed by atoms with van der Waals surface area (Å²) in [5.74, 6) is 0.460. The van der Waals surface area contributed by atoms with Crippen LogP contribution in [-0.4, -0.2) is 16.7 Å². The van der Waals surface area contributed by atoms with Gasteiger partial charge in [0.15, 0.2) is 5.22 Å². The van der Waals surface area contributed by atoms with Gasteiger partial charge in [0.1, 0.15) is 11.6 Å². The van der Waals surface area contributed by atoms with E-state index < -0.39 is 0 Å². The maximum atomic E-state index is 12.0. The van der Waals surface area contributed by atoms with E-state index >= 15 is 0 Å². The van der Waals surface area contributed by atoms with Crippen molar-refractivity contribution in [3.05, 3.63) is 45.5 Å². The zero-order chi connectivity index (χ0) is 13.8. The lowest BCUT2D eigenvalue weighted by Crippen LogP contribution is -2.33. The first-order chi connectivity index (χ1) is 9.11. The molecule has 6 heteroatoms. The van der Waals surface area contributed by atoms with Crippen molar-refractivity contribution in [3.8, 4) is 0 Å². The molecule has 19 heavy (non-hydrogen) atoms. The standard InChI is InChI=1S/C13H13Cl2NO2S/c1-9(10-4-5-19-8-10)16(13(17)6-14)7-11-2-3-12(15)18-11/h2-5,8-9H,6-7H2,1H3. The van der Waals surface area contributed by atoms with Crippen LogP contribution in [0.25, 0.3) is 0 Å². The number of thiophene rings is 1. The Bertz CT molecular complexity index is 539. The molecule has 102 valence electrons. The van der Waals surface area contributed by atoms with Gasteiger partial charge in [0.2, 0.25) is 5.91 Å². The van der Waals surface area contributed by atoms with Gasteiger partial charge in [-0.1, -0.05) is 0 Å². The minimum Gasteiger partial charge on any atom is -0.448 e. The SMILES string of the molecule is CC(c1ccsc1)N(Cc1ccc(Cl)o1)C(=O)CCl. The van der Waals surface area contributed by atoms with E-state index in [1.54, 1.807) is 28.4 Å². The van der Waals surface area contributed by atoms with E-state index in [1.807, 2.05) is 23.8 Å². The second-order valence-corrected chi connectivity index (χ2v) is 5.51. The van der Waals surface area contributed by atoms with Crippen LogP contribution < -0.4 is 0 Å². The van der Waals surface area contributed by atoms with E-state index in [9.17, 15) is 4.79 Å². The highest BCUT2D eigenvalue weighted by Gasteiger charge is 2.22. The van der Waals surface area contributed by atoms with Crippen LogP contribution in [0.5, 0.6) is 0 Å². The molecule has 0 N–H and O–H groups in total. The molecule has 3 nitrogen and oxygen atoms in total. The van der Waals surface area contributed by atoms with E-state index in [0.29, 0.717) is 17.5 Å². The molecule has 0 bridgehead atoms. The second kappa shape index (κ2) is 6.46. The van der Waals surface area contributed by atoms with Crippen LogP contribution in [0.4, 0.5) is 0 Å². The molecule has 1 unspecified atom stereocenters. The van der Waals surface area contributed by atoms with Crippen LogP contribution in [0.3, 0.4) is 0 Å². The number of hydrogen-bond acceptors (Lipinski definition) is 3. The maximum absolute atomic E-state index is 12.0. The zero-order valence-corrected chi connectivity index (χ0v) is 12.6. The predicted octanol–water partition coefficient (Wildman–Crippen LogP) is 4.32. The summed E-state index contributed by atoms with van der Waals surface area (Å²) in [4.78, 5) is 13.7. The fourth-order valence-corrected chi connectivity index (χ4v) is 2.88. The molecule has 2 rings (SSSR count). The lowest BCUT2D eigenvalue weighted by Gasteiger charge is -2.27. The summed E-state index contributed by atoms with van der Waals surface area (Å²) in [5, 5.41) is 4.32. The second-order valence-electron chi connectivity index (χ2n) is 4.09. The van der Waals surface area contributed by atoms with E-state index in [-0.39, 0.29) is 17.8 Å². The van der Waals surface area contributed by atoms with Crippen molar-refractivity contribution in [1.29, 1.82) is 0 Å². The minimum absolute atomic E-state index is 0.0527. The Morgan fingerprint density at radius 3 is 2.79 bits per heavy atom. The van der Waals surface area contributed by atoms with Gasteiger partial charge in [-0.15, -0.1) is 11.6 Å². The minimum atomic E-state index is -0.132. The molecule has 0 fully saturated rings. The topological polar surface area (TPSA) is 33.5 Å². The highest BCUT2D eigenvalue weighted by Crippen LogP contribution is 2.25. The summed E-state index contributed by atoms with van der Waals surface area (Å²) < 4.78 is 5.31. The Kier molecular flexibility index (Phi) is 4.91. The summed E-state index contributed by atoms with van der Waals surface area (Å²) in [6.07, 6.45) is 0. The molecule has 0 saturated heterocycles. The molecular weight excluding hydrogens is 305 g/mol. The summed E-state index contributed by atoms with van der Waals surface area (Å²) in [5.41, 5.74) is 1.08. The van der Waals surface area contributed by atoms with Crippen molar-refractivity contribution in [1.82, 2.24) is 4.90 Å². The van der Waals surface area contributed by atoms with Crippen LogP contribution in [-0.2, 0) is 11.3 Å². The molecule has 0 aliphatic carbocycles. The van der Waals surface area contributed by atoms with Gasteiger partial charge in [-0.3, -0.25) is 4.79 Å². The van der Waals surface area contributed by atoms with Crippen molar-refractivity contribution in [2.24, 2.45) is 0 Å². The van der Waals surface area contributed by atoms with Crippen LogP contribution in [0, 0.1) is 0 Å². The number of halogens is 2. The quantitative estimate of drug-likeness (QED) is 0.769. The van der Waals surface area contributed by atoms with E-state index in [1.165, 1.54) is 0 Å². The number of hydrogen-bond donors (Lipinski definition) is 0. The summed E-state index contributed by atoms with van der Waals surface area (Å²) in [6.45, 7) is 2.33. The lowest BCUT2D eigenvalue weighted by molar-refractivity contribution is -0.131. The first kappa shape index (κ1) is 14.4. The Morgan fingerprint density at radius 2 is 2.26 bits per heavy atom. The highest BCUT2D eigenvalue weighted by molar-refractivity contribution is 7.07. The van der Waals surface area contributed by atoms with E-state index in [0.717, 1.165) is 5.56 Å². The van der Waals surface area contributed by atoms with Crippen molar-refractivity contribution in [2.45, 2.75) is 19.5 Å². The molecule has 0 aliphatic heterocycles. The number of rotatable bonds is 5. The van der Waals surface area contributed by atoms with Crippen LogP contribution >= 0.6 is 34.5 Å². The Morgan fingerprint density at radius 1 is 1.47 bits per heavy atom. The largest absolute Gasteiger partial charge is 0.448 e. The summed E-state index contributed by atoms with van der Waals surface area (Å²) in [6, 6.07) is 5.37. The molecule has 2 aromatic heterocycles. The van der Waals surface area contributed by atoms with Crippen LogP contribution in [0.1, 0.15) is 24.3 Å². The van der Waals surface area contributed by atoms with Gasteiger partial charge in [0.25, 0.3) is 0 Å². The average molecular weight is 318 g/mol. The van der Waals surface area contributed by atoms with Gasteiger partial charge in [-0.05, 0) is 53.0 Å². The molecular formula is C13H13Cl2NO2S. The van der Waals surface area contributed by atoms with Gasteiger partial charge in [-0.25, -0.2) is 0 Å². The fourth-order valence-electron chi connectivity index (χ4n) is 1.82. The molecule has 2 heterocycles. The summed E-state index contributed by atoms with van der Waals surface area (Å²) in [7, 11) is 0. The molecule has 1 atom stereocenters. The van der Waals surface area contributed by atoms with Gasteiger partial charge in [0.05, 0.1) is 12.6 Å². The zero-order valence-electron chi connectivity index (χ0n) is 10.3. The molecule has 0 aliphatic rings. The lowest BCUT2D eigenvalue weighted by atomic mass is 10.1. The summed E-state index contributed by atoms with van der Waals surface area (Å²) >= 11 is 13.0. The van der Waals surface area contributed by atoms with Crippen LogP contribution in [0.15, 0.2) is 33.4 Å². The van der Waals surface area contributed by atoms with Crippen LogP contribution in [0.2, 0.25) is 5.22 Å². The fraction of sp³-hybridized carbons (Fsp3) is 0.308. The first-order valence-corrected chi connectivity index (χ1v) is 7.59. The monoisotopic (exact) mass is 317 g/mol. The number of furan rings is 1. The van der Waals surface area contributed by atoms with Gasteiger partial charge < -0.3 is 9.32 Å². The predicted molar refractivity (Wildman–Crippen MR) is 77.7 cm³/mol.